The van der Waals surface area contributed by atoms with Gasteiger partial charge < -0.3 is 4.57 Å². The molecule has 13 heteroatoms. The van der Waals surface area contributed by atoms with Gasteiger partial charge in [-0.2, -0.15) is 0 Å². The summed E-state index contributed by atoms with van der Waals surface area (Å²) in [5, 5.41) is 16.0. The molecule has 27 rings (SSSR count). The van der Waals surface area contributed by atoms with Crippen molar-refractivity contribution in [3.05, 3.63) is 491 Å². The third kappa shape index (κ3) is 16.3. The van der Waals surface area contributed by atoms with E-state index >= 15 is 0 Å². The van der Waals surface area contributed by atoms with E-state index in [-0.39, 0.29) is 0 Å². The largest absolute Gasteiger partial charge is 0.309 e. The Hall–Kier alpha value is -17.4. The van der Waals surface area contributed by atoms with E-state index in [0.29, 0.717) is 23.3 Å². The van der Waals surface area contributed by atoms with Crippen LogP contribution in [0.4, 0.5) is 0 Å². The first-order valence-corrected chi connectivity index (χ1v) is 51.2. The summed E-state index contributed by atoms with van der Waals surface area (Å²) >= 11 is 5.46. The average Bonchev–Trinajstić information content (AvgIpc) is 1.61. The van der Waals surface area contributed by atoms with E-state index < -0.39 is 7.14 Å². The summed E-state index contributed by atoms with van der Waals surface area (Å²) in [6.45, 7) is 0. The highest BCUT2D eigenvalue weighted by molar-refractivity contribution is 7.85. The average molecular weight is 1870 g/mol. The van der Waals surface area contributed by atoms with Crippen molar-refractivity contribution in [3.8, 4) is 135 Å². The minimum Gasteiger partial charge on any atom is -0.309 e. The van der Waals surface area contributed by atoms with E-state index in [0.717, 1.165) is 155 Å². The molecule has 0 aliphatic carbocycles. The molecule has 0 amide bonds. The topological polar surface area (TPSA) is 120 Å². The van der Waals surface area contributed by atoms with Gasteiger partial charge in [-0.1, -0.05) is 437 Å². The van der Waals surface area contributed by atoms with Crippen molar-refractivity contribution in [1.29, 1.82) is 0 Å². The van der Waals surface area contributed by atoms with E-state index in [1.54, 1.807) is 0 Å². The molecule has 19 aromatic carbocycles. The molecule has 0 unspecified atom stereocenters. The number of fused-ring (bicyclic) bond motifs is 16. The van der Waals surface area contributed by atoms with Crippen molar-refractivity contribution in [2.75, 3.05) is 0 Å². The molecule has 0 spiro atoms. The fourth-order valence-electron chi connectivity index (χ4n) is 19.3. The van der Waals surface area contributed by atoms with Gasteiger partial charge in [0.05, 0.1) is 59.1 Å². The standard InChI is InChI=1S/C43H27N3S.C43H28NOPS.C42H26N4S/c1-3-11-30(12-4-1)37-27-38(31-13-5-2-6-14-31)46-43(45-37)33-25-21-29(22-26-33)28-19-23-32(24-20-28)41-42-40(34-15-7-9-17-36(34)44-41)35-16-8-10-18-39(35)47-42;45-46(34-11-3-1-4-12-34,35-13-5-2-6-14-35)36-26-25-32-27-31(23-24-33(32)28-36)29-19-21-30(22-20-29)42-43-41(37-15-7-9-17-39(37)44-42)38-16-8-10-18-40(38)47-43;1-3-11-30(12-4-1)40-44-41(31-13-5-2-6-14-31)46-42(45-40)32-25-21-28(22-26-32)27-19-23-29(24-20-27)38-39-37(33-15-7-9-17-35(33)43-38)34-16-8-10-18-36(34)47-39/h1-27H;1-28H;1-26H. The van der Waals surface area contributed by atoms with Gasteiger partial charge in [0.1, 0.15) is 0 Å². The van der Waals surface area contributed by atoms with E-state index in [4.69, 9.17) is 39.9 Å². The van der Waals surface area contributed by atoms with Gasteiger partial charge in [-0.3, -0.25) is 0 Å². The second-order valence-corrected chi connectivity index (χ2v) is 40.9. The molecule has 662 valence electrons. The molecule has 0 saturated heterocycles. The van der Waals surface area contributed by atoms with E-state index in [2.05, 4.69) is 328 Å². The first-order chi connectivity index (χ1) is 69.7. The Kier molecular flexibility index (Phi) is 22.4. The number of para-hydroxylation sites is 3. The number of thiophene rings is 3. The van der Waals surface area contributed by atoms with Crippen LogP contribution in [0.5, 0.6) is 0 Å². The second kappa shape index (κ2) is 36.9. The normalized spacial score (nSPS) is 11.6. The summed E-state index contributed by atoms with van der Waals surface area (Å²) < 4.78 is 22.4. The van der Waals surface area contributed by atoms with Crippen LogP contribution in [0.3, 0.4) is 0 Å². The van der Waals surface area contributed by atoms with Crippen LogP contribution in [0.1, 0.15) is 0 Å². The van der Waals surface area contributed by atoms with Gasteiger partial charge in [0.2, 0.25) is 0 Å². The zero-order chi connectivity index (χ0) is 93.7. The molecule has 0 atom stereocenters. The van der Waals surface area contributed by atoms with Crippen molar-refractivity contribution in [1.82, 2.24) is 39.9 Å². The highest BCUT2D eigenvalue weighted by atomic mass is 32.1. The summed E-state index contributed by atoms with van der Waals surface area (Å²) in [5.74, 6) is 2.67. The van der Waals surface area contributed by atoms with Crippen LogP contribution in [0.15, 0.2) is 491 Å². The van der Waals surface area contributed by atoms with Gasteiger partial charge in [0, 0.05) is 129 Å². The van der Waals surface area contributed by atoms with Gasteiger partial charge >= 0.3 is 0 Å². The van der Waals surface area contributed by atoms with Crippen LogP contribution in [-0.4, -0.2) is 39.9 Å². The van der Waals surface area contributed by atoms with E-state index in [1.165, 1.54) is 76.7 Å². The van der Waals surface area contributed by atoms with Crippen LogP contribution >= 0.6 is 41.2 Å². The lowest BCUT2D eigenvalue weighted by Gasteiger charge is -2.20. The van der Waals surface area contributed by atoms with Crippen LogP contribution in [0.2, 0.25) is 0 Å². The molecular formula is C128H81N8OPS3. The Morgan fingerprint density at radius 2 is 0.418 bits per heavy atom. The SMILES string of the molecule is O=P(c1ccccc1)(c1ccccc1)c1ccc2cc(-c3ccc(-c4nc5ccccc5c5c4sc4ccccc45)cc3)ccc2c1.c1ccc(-c2cc(-c3ccccc3)nc(-c3ccc(-c4ccc(-c5nc6ccccc6c6c5sc5ccccc56)cc4)cc3)n2)cc1.c1ccc(-c2nc(-c3ccccc3)nc(-c3ccc(-c4ccc(-c5nc6ccccc6c6c5sc5ccccc56)cc4)cc3)n2)cc1. The molecule has 0 saturated carbocycles. The van der Waals surface area contributed by atoms with Gasteiger partial charge in [-0.05, 0) is 98.8 Å². The maximum Gasteiger partial charge on any atom is 0.171 e. The number of aromatic nitrogens is 8. The minimum atomic E-state index is -3.03. The number of rotatable bonds is 15. The Morgan fingerprint density at radius 1 is 0.170 bits per heavy atom. The van der Waals surface area contributed by atoms with Crippen LogP contribution < -0.4 is 15.9 Å². The zero-order valence-corrected chi connectivity index (χ0v) is 79.3. The highest BCUT2D eigenvalue weighted by Crippen LogP contribution is 2.49. The third-order valence-electron chi connectivity index (χ3n) is 26.4. The highest BCUT2D eigenvalue weighted by Gasteiger charge is 2.31. The number of hydrogen-bond acceptors (Lipinski definition) is 12. The molecule has 8 aromatic heterocycles. The Balaban J connectivity index is 0.000000111. The summed E-state index contributed by atoms with van der Waals surface area (Å²) in [6.07, 6.45) is 0. The van der Waals surface area contributed by atoms with Crippen molar-refractivity contribution in [2.24, 2.45) is 0 Å². The molecule has 8 heterocycles. The number of pyridine rings is 3. The molecular weight excluding hydrogens is 1790 g/mol. The van der Waals surface area contributed by atoms with Gasteiger partial charge in [0.25, 0.3) is 0 Å². The van der Waals surface area contributed by atoms with Crippen molar-refractivity contribution >= 4 is 161 Å². The predicted octanol–water partition coefficient (Wildman–Crippen LogP) is 33.6. The first kappa shape index (κ1) is 85.3. The molecule has 141 heavy (non-hydrogen) atoms. The third-order valence-corrected chi connectivity index (χ3v) is 33.0. The molecule has 0 aliphatic heterocycles. The summed E-state index contributed by atoms with van der Waals surface area (Å²) in [4.78, 5) is 40.1. The van der Waals surface area contributed by atoms with Crippen LogP contribution in [0, 0.1) is 0 Å². The fourth-order valence-corrected chi connectivity index (χ4v) is 25.7. The molecule has 0 radical (unpaired) electrons. The maximum atomic E-state index is 14.9. The van der Waals surface area contributed by atoms with Crippen molar-refractivity contribution in [3.63, 3.8) is 0 Å². The van der Waals surface area contributed by atoms with Gasteiger partial charge in [0.15, 0.2) is 30.4 Å². The monoisotopic (exact) mass is 1870 g/mol. The fraction of sp³-hybridized carbons (Fsp3) is 0. The Morgan fingerprint density at radius 3 is 0.766 bits per heavy atom. The van der Waals surface area contributed by atoms with Gasteiger partial charge in [-0.25, -0.2) is 39.9 Å². The van der Waals surface area contributed by atoms with E-state index in [9.17, 15) is 4.57 Å². The molecule has 27 aromatic rings. The quantitative estimate of drug-likeness (QED) is 0.0924. The number of nitrogens with zero attached hydrogens (tertiary/aromatic N) is 8. The smallest absolute Gasteiger partial charge is 0.171 e. The maximum absolute atomic E-state index is 14.9. The minimum absolute atomic E-state index is 0.648. The second-order valence-electron chi connectivity index (χ2n) is 35.0. The summed E-state index contributed by atoms with van der Waals surface area (Å²) in [6, 6.07) is 170. The Labute approximate surface area is 825 Å². The van der Waals surface area contributed by atoms with Crippen molar-refractivity contribution < 1.29 is 4.57 Å². The molecule has 9 nitrogen and oxygen atoms in total. The lowest BCUT2D eigenvalue weighted by atomic mass is 9.98. The molecule has 0 bridgehead atoms. The lowest BCUT2D eigenvalue weighted by Crippen LogP contribution is -2.24. The predicted molar refractivity (Wildman–Crippen MR) is 595 cm³/mol. The van der Waals surface area contributed by atoms with E-state index in [1.807, 2.05) is 198 Å². The first-order valence-electron chi connectivity index (χ1n) is 47.0. The van der Waals surface area contributed by atoms with Crippen LogP contribution in [0.25, 0.3) is 239 Å². The molecule has 0 fully saturated rings. The summed E-state index contributed by atoms with van der Waals surface area (Å²) in [5.41, 5.74) is 24.1. The Bertz CT molecular complexity index is 8950. The van der Waals surface area contributed by atoms with Crippen LogP contribution in [-0.2, 0) is 4.57 Å². The number of hydrogen-bond donors (Lipinski definition) is 0. The lowest BCUT2D eigenvalue weighted by molar-refractivity contribution is 0.592. The van der Waals surface area contributed by atoms with Crippen molar-refractivity contribution in [2.45, 2.75) is 0 Å². The molecule has 0 N–H and O–H groups in total. The zero-order valence-electron chi connectivity index (χ0n) is 75.9. The summed E-state index contributed by atoms with van der Waals surface area (Å²) in [7, 11) is -3.03. The van der Waals surface area contributed by atoms with Gasteiger partial charge in [-0.15, -0.1) is 34.0 Å². The molecule has 0 aliphatic rings. The number of benzene rings is 19.